The van der Waals surface area contributed by atoms with Crippen LogP contribution in [0, 0.1) is 5.82 Å². The molecule has 2 nitrogen and oxygen atoms in total. The van der Waals surface area contributed by atoms with Crippen LogP contribution in [0.2, 0.25) is 0 Å². The number of hydrogen-bond acceptors (Lipinski definition) is 2. The fraction of sp³-hybridized carbons (Fsp3) is 0.125. The molecule has 1 aromatic heterocycles. The van der Waals surface area contributed by atoms with E-state index in [0.717, 1.165) is 12.1 Å². The Labute approximate surface area is 122 Å². The SMILES string of the molecule is Fc1cccc2occ(COc3cccc(C(F)(F)F)c3)c12. The van der Waals surface area contributed by atoms with Gasteiger partial charge in [0.15, 0.2) is 0 Å². The maximum atomic E-state index is 13.8. The van der Waals surface area contributed by atoms with E-state index < -0.39 is 17.6 Å². The number of furan rings is 1. The van der Waals surface area contributed by atoms with Crippen molar-refractivity contribution in [2.24, 2.45) is 0 Å². The Balaban J connectivity index is 1.83. The van der Waals surface area contributed by atoms with E-state index in [1.165, 1.54) is 30.5 Å². The first-order chi connectivity index (χ1) is 10.4. The monoisotopic (exact) mass is 310 g/mol. The summed E-state index contributed by atoms with van der Waals surface area (Å²) in [5.41, 5.74) is 0.00128. The number of ether oxygens (including phenoxy) is 1. The third kappa shape index (κ3) is 2.77. The molecule has 3 aromatic rings. The predicted octanol–water partition coefficient (Wildman–Crippen LogP) is 5.17. The van der Waals surface area contributed by atoms with Gasteiger partial charge in [0.2, 0.25) is 0 Å². The molecule has 22 heavy (non-hydrogen) atoms. The van der Waals surface area contributed by atoms with Crippen LogP contribution in [0.5, 0.6) is 5.75 Å². The second-order valence-corrected chi connectivity index (χ2v) is 4.69. The van der Waals surface area contributed by atoms with Gasteiger partial charge in [0.1, 0.15) is 23.8 Å². The quantitative estimate of drug-likeness (QED) is 0.623. The fourth-order valence-corrected chi connectivity index (χ4v) is 2.14. The van der Waals surface area contributed by atoms with Gasteiger partial charge >= 0.3 is 6.18 Å². The van der Waals surface area contributed by atoms with E-state index in [0.29, 0.717) is 11.1 Å². The van der Waals surface area contributed by atoms with Gasteiger partial charge in [-0.15, -0.1) is 0 Å². The lowest BCUT2D eigenvalue weighted by Gasteiger charge is -2.09. The molecular formula is C16H10F4O2. The first kappa shape index (κ1) is 14.4. The van der Waals surface area contributed by atoms with Crippen LogP contribution in [0.15, 0.2) is 53.1 Å². The standard InChI is InChI=1S/C16H10F4O2/c17-13-5-2-6-14-15(13)10(9-22-14)8-21-12-4-1-3-11(7-12)16(18,19)20/h1-7,9H,8H2. The Kier molecular flexibility index (Phi) is 3.52. The van der Waals surface area contributed by atoms with E-state index in [2.05, 4.69) is 0 Å². The molecule has 0 aliphatic rings. The van der Waals surface area contributed by atoms with Crippen LogP contribution in [-0.4, -0.2) is 0 Å². The number of fused-ring (bicyclic) bond motifs is 1. The second-order valence-electron chi connectivity index (χ2n) is 4.69. The molecule has 0 atom stereocenters. The van der Waals surface area contributed by atoms with Gasteiger partial charge < -0.3 is 9.15 Å². The maximum Gasteiger partial charge on any atom is 0.416 e. The number of benzene rings is 2. The molecule has 2 aromatic carbocycles. The Bertz CT molecular complexity index is 805. The van der Waals surface area contributed by atoms with Crippen LogP contribution in [-0.2, 0) is 12.8 Å². The normalized spacial score (nSPS) is 11.8. The smallest absolute Gasteiger partial charge is 0.416 e. The molecule has 0 unspecified atom stereocenters. The van der Waals surface area contributed by atoms with E-state index in [-0.39, 0.29) is 17.7 Å². The fourth-order valence-electron chi connectivity index (χ4n) is 2.14. The minimum absolute atomic E-state index is 0.0560. The Morgan fingerprint density at radius 1 is 1.05 bits per heavy atom. The van der Waals surface area contributed by atoms with Crippen molar-refractivity contribution in [2.75, 3.05) is 0 Å². The third-order valence-corrected chi connectivity index (χ3v) is 3.18. The highest BCUT2D eigenvalue weighted by atomic mass is 19.4. The van der Waals surface area contributed by atoms with Crippen LogP contribution >= 0.6 is 0 Å². The summed E-state index contributed by atoms with van der Waals surface area (Å²) in [7, 11) is 0. The highest BCUT2D eigenvalue weighted by Gasteiger charge is 2.30. The molecule has 1 heterocycles. The van der Waals surface area contributed by atoms with Crippen molar-refractivity contribution >= 4 is 11.0 Å². The molecule has 0 radical (unpaired) electrons. The number of hydrogen-bond donors (Lipinski definition) is 0. The molecule has 0 amide bonds. The first-order valence-electron chi connectivity index (χ1n) is 6.40. The van der Waals surface area contributed by atoms with Gasteiger partial charge in [-0.05, 0) is 30.3 Å². The van der Waals surface area contributed by atoms with Crippen molar-refractivity contribution in [1.82, 2.24) is 0 Å². The Morgan fingerprint density at radius 2 is 1.82 bits per heavy atom. The largest absolute Gasteiger partial charge is 0.489 e. The van der Waals surface area contributed by atoms with E-state index >= 15 is 0 Å². The van der Waals surface area contributed by atoms with Gasteiger partial charge in [-0.2, -0.15) is 13.2 Å². The van der Waals surface area contributed by atoms with Crippen molar-refractivity contribution in [3.63, 3.8) is 0 Å². The third-order valence-electron chi connectivity index (χ3n) is 3.18. The summed E-state index contributed by atoms with van der Waals surface area (Å²) in [5.74, 6) is -0.408. The zero-order valence-electron chi connectivity index (χ0n) is 11.2. The van der Waals surface area contributed by atoms with Crippen molar-refractivity contribution in [2.45, 2.75) is 12.8 Å². The highest BCUT2D eigenvalue weighted by Crippen LogP contribution is 2.32. The van der Waals surface area contributed by atoms with Crippen molar-refractivity contribution in [1.29, 1.82) is 0 Å². The van der Waals surface area contributed by atoms with Gasteiger partial charge in [-0.1, -0.05) is 12.1 Å². The summed E-state index contributed by atoms with van der Waals surface area (Å²) in [6.45, 7) is -0.0881. The molecule has 114 valence electrons. The summed E-state index contributed by atoms with van der Waals surface area (Å²) in [4.78, 5) is 0. The van der Waals surface area contributed by atoms with Gasteiger partial charge in [-0.25, -0.2) is 4.39 Å². The summed E-state index contributed by atoms with van der Waals surface area (Å²) in [6.07, 6.45) is -3.10. The van der Waals surface area contributed by atoms with Crippen LogP contribution in [0.1, 0.15) is 11.1 Å². The lowest BCUT2D eigenvalue weighted by molar-refractivity contribution is -0.137. The molecule has 0 aliphatic heterocycles. The number of alkyl halides is 3. The summed E-state index contributed by atoms with van der Waals surface area (Å²) in [5, 5.41) is 0.273. The highest BCUT2D eigenvalue weighted by molar-refractivity contribution is 5.81. The Hall–Kier alpha value is -2.50. The zero-order valence-corrected chi connectivity index (χ0v) is 11.2. The second kappa shape index (κ2) is 5.36. The molecule has 0 N–H and O–H groups in total. The lowest BCUT2D eigenvalue weighted by Crippen LogP contribution is -2.05. The molecule has 3 rings (SSSR count). The molecule has 0 aliphatic carbocycles. The van der Waals surface area contributed by atoms with Crippen LogP contribution in [0.25, 0.3) is 11.0 Å². The number of rotatable bonds is 3. The van der Waals surface area contributed by atoms with Crippen LogP contribution in [0.3, 0.4) is 0 Å². The van der Waals surface area contributed by atoms with Crippen molar-refractivity contribution in [3.05, 3.63) is 65.7 Å². The van der Waals surface area contributed by atoms with Crippen molar-refractivity contribution < 1.29 is 26.7 Å². The van der Waals surface area contributed by atoms with Gasteiger partial charge in [0.25, 0.3) is 0 Å². The molecule has 6 heteroatoms. The Morgan fingerprint density at radius 3 is 2.59 bits per heavy atom. The van der Waals surface area contributed by atoms with Gasteiger partial charge in [-0.3, -0.25) is 0 Å². The van der Waals surface area contributed by atoms with Gasteiger partial charge in [0.05, 0.1) is 17.2 Å². The molecule has 0 fully saturated rings. The first-order valence-corrected chi connectivity index (χ1v) is 6.40. The zero-order chi connectivity index (χ0) is 15.7. The van der Waals surface area contributed by atoms with E-state index in [4.69, 9.17) is 9.15 Å². The minimum Gasteiger partial charge on any atom is -0.489 e. The average molecular weight is 310 g/mol. The van der Waals surface area contributed by atoms with Gasteiger partial charge in [0, 0.05) is 5.56 Å². The average Bonchev–Trinajstić information content (AvgIpc) is 2.89. The molecule has 0 spiro atoms. The topological polar surface area (TPSA) is 22.4 Å². The summed E-state index contributed by atoms with van der Waals surface area (Å²) >= 11 is 0. The van der Waals surface area contributed by atoms with Crippen molar-refractivity contribution in [3.8, 4) is 5.75 Å². The van der Waals surface area contributed by atoms with E-state index in [1.807, 2.05) is 0 Å². The molecule has 0 saturated carbocycles. The van der Waals surface area contributed by atoms with Crippen LogP contribution < -0.4 is 4.74 Å². The minimum atomic E-state index is -4.44. The van der Waals surface area contributed by atoms with E-state index in [1.54, 1.807) is 6.07 Å². The molecule has 0 saturated heterocycles. The molecule has 0 bridgehead atoms. The van der Waals surface area contributed by atoms with E-state index in [9.17, 15) is 17.6 Å². The summed E-state index contributed by atoms with van der Waals surface area (Å²) in [6, 6.07) is 8.93. The number of halogens is 4. The molecular weight excluding hydrogens is 300 g/mol. The predicted molar refractivity (Wildman–Crippen MR) is 71.9 cm³/mol. The lowest BCUT2D eigenvalue weighted by atomic mass is 10.2. The summed E-state index contributed by atoms with van der Waals surface area (Å²) < 4.78 is 62.1. The van der Waals surface area contributed by atoms with Crippen LogP contribution in [0.4, 0.5) is 17.6 Å². The maximum absolute atomic E-state index is 13.8.